The Hall–Kier alpha value is -5.45. The van der Waals surface area contributed by atoms with Gasteiger partial charge >= 0.3 is 0 Å². The zero-order valence-electron chi connectivity index (χ0n) is 25.5. The van der Waals surface area contributed by atoms with Gasteiger partial charge in [0.05, 0.1) is 0 Å². The van der Waals surface area contributed by atoms with Crippen molar-refractivity contribution in [3.8, 4) is 56.4 Å². The number of nitrogens with zero attached hydrogens (tertiary/aromatic N) is 3. The van der Waals surface area contributed by atoms with Gasteiger partial charge in [0, 0.05) is 42.3 Å². The molecule has 1 aliphatic rings. The van der Waals surface area contributed by atoms with Crippen LogP contribution in [0.4, 0.5) is 0 Å². The lowest BCUT2D eigenvalue weighted by molar-refractivity contribution is 0.660. The number of thiophene rings is 1. The summed E-state index contributed by atoms with van der Waals surface area (Å²) in [6, 6.07) is 49.4. The molecule has 2 aromatic heterocycles. The van der Waals surface area contributed by atoms with Crippen LogP contribution in [0.25, 0.3) is 76.6 Å². The maximum atomic E-state index is 5.16. The number of hydrogen-bond acceptors (Lipinski definition) is 4. The van der Waals surface area contributed by atoms with E-state index in [4.69, 9.17) is 15.0 Å². The Bertz CT molecular complexity index is 2440. The van der Waals surface area contributed by atoms with E-state index >= 15 is 0 Å². The monoisotopic (exact) mass is 607 g/mol. The van der Waals surface area contributed by atoms with Gasteiger partial charge in [0.15, 0.2) is 17.5 Å². The third-order valence-electron chi connectivity index (χ3n) is 9.37. The molecule has 0 saturated heterocycles. The molecule has 0 radical (unpaired) electrons. The van der Waals surface area contributed by atoms with Crippen molar-refractivity contribution in [2.24, 2.45) is 0 Å². The highest BCUT2D eigenvalue weighted by atomic mass is 32.1. The maximum Gasteiger partial charge on any atom is 0.164 e. The molecule has 0 spiro atoms. The van der Waals surface area contributed by atoms with E-state index < -0.39 is 0 Å². The quantitative estimate of drug-likeness (QED) is 0.200. The van der Waals surface area contributed by atoms with Crippen molar-refractivity contribution in [2.45, 2.75) is 19.3 Å². The van der Waals surface area contributed by atoms with Crippen molar-refractivity contribution in [3.63, 3.8) is 0 Å². The van der Waals surface area contributed by atoms with Crippen LogP contribution < -0.4 is 0 Å². The number of benzene rings is 6. The second-order valence-corrected chi connectivity index (χ2v) is 13.5. The Morgan fingerprint density at radius 2 is 1.00 bits per heavy atom. The summed E-state index contributed by atoms with van der Waals surface area (Å²) in [6.45, 7) is 4.60. The van der Waals surface area contributed by atoms with Crippen LogP contribution >= 0.6 is 11.3 Å². The molecule has 6 aromatic carbocycles. The molecule has 3 nitrogen and oxygen atoms in total. The third-order valence-corrected chi connectivity index (χ3v) is 10.6. The number of rotatable bonds is 4. The smallest absolute Gasteiger partial charge is 0.164 e. The van der Waals surface area contributed by atoms with Crippen LogP contribution in [0, 0.1) is 0 Å². The molecule has 9 rings (SSSR count). The van der Waals surface area contributed by atoms with Crippen LogP contribution in [0.2, 0.25) is 0 Å². The average molecular weight is 608 g/mol. The van der Waals surface area contributed by atoms with Gasteiger partial charge in [-0.15, -0.1) is 11.3 Å². The molecule has 2 heterocycles. The van der Waals surface area contributed by atoms with Crippen molar-refractivity contribution < 1.29 is 0 Å². The van der Waals surface area contributed by atoms with Gasteiger partial charge in [-0.1, -0.05) is 147 Å². The highest BCUT2D eigenvalue weighted by Crippen LogP contribution is 2.51. The van der Waals surface area contributed by atoms with Crippen LogP contribution in [0.3, 0.4) is 0 Å². The topological polar surface area (TPSA) is 38.7 Å². The molecule has 46 heavy (non-hydrogen) atoms. The van der Waals surface area contributed by atoms with E-state index in [1.165, 1.54) is 53.6 Å². The SMILES string of the molecule is CC1(C)c2ccccc2-c2c(-c3nc(-c4ccccc4)nc(-c4ccc(-c5cccc6c5sc5ccccc56)cc4)n3)cccc21. The Kier molecular flexibility index (Phi) is 6.02. The Morgan fingerprint density at radius 3 is 1.83 bits per heavy atom. The molecule has 218 valence electrons. The predicted octanol–water partition coefficient (Wildman–Crippen LogP) is 11.2. The third kappa shape index (κ3) is 4.14. The Balaban J connectivity index is 1.20. The first-order valence-electron chi connectivity index (χ1n) is 15.6. The summed E-state index contributed by atoms with van der Waals surface area (Å²) in [4.78, 5) is 15.3. The average Bonchev–Trinajstić information content (AvgIpc) is 3.61. The van der Waals surface area contributed by atoms with Crippen LogP contribution in [0.5, 0.6) is 0 Å². The molecule has 1 aliphatic carbocycles. The summed E-state index contributed by atoms with van der Waals surface area (Å²) in [7, 11) is 0. The fraction of sp³-hybridized carbons (Fsp3) is 0.0714. The lowest BCUT2D eigenvalue weighted by atomic mass is 9.82. The normalized spacial score (nSPS) is 13.2. The standard InChI is InChI=1S/C42H29N3S/c1-42(2)34-19-8-6-15-32(34)37-33(18-11-20-35(37)42)41-44-39(27-12-4-3-5-13-27)43-40(45-41)28-24-22-26(23-25-28)29-16-10-17-31-30-14-7-9-21-36(30)46-38(29)31/h3-25H,1-2H3. The van der Waals surface area contributed by atoms with Crippen molar-refractivity contribution in [1.29, 1.82) is 0 Å². The van der Waals surface area contributed by atoms with E-state index in [-0.39, 0.29) is 5.41 Å². The van der Waals surface area contributed by atoms with E-state index in [2.05, 4.69) is 135 Å². The largest absolute Gasteiger partial charge is 0.208 e. The van der Waals surface area contributed by atoms with Crippen molar-refractivity contribution >= 4 is 31.5 Å². The van der Waals surface area contributed by atoms with Gasteiger partial charge in [-0.3, -0.25) is 0 Å². The first-order valence-corrected chi connectivity index (χ1v) is 16.4. The molecule has 4 heteroatoms. The minimum Gasteiger partial charge on any atom is -0.208 e. The highest BCUT2D eigenvalue weighted by molar-refractivity contribution is 7.26. The fourth-order valence-electron chi connectivity index (χ4n) is 7.06. The predicted molar refractivity (Wildman–Crippen MR) is 192 cm³/mol. The molecule has 0 fully saturated rings. The van der Waals surface area contributed by atoms with Crippen LogP contribution in [-0.4, -0.2) is 15.0 Å². The van der Waals surface area contributed by atoms with Gasteiger partial charge in [0.2, 0.25) is 0 Å². The van der Waals surface area contributed by atoms with Gasteiger partial charge in [0.1, 0.15) is 0 Å². The second-order valence-electron chi connectivity index (χ2n) is 12.4. The number of aromatic nitrogens is 3. The van der Waals surface area contributed by atoms with E-state index in [0.717, 1.165) is 16.7 Å². The summed E-state index contributed by atoms with van der Waals surface area (Å²) < 4.78 is 2.62. The molecule has 0 amide bonds. The number of hydrogen-bond donors (Lipinski definition) is 0. The molecule has 0 atom stereocenters. The van der Waals surface area contributed by atoms with Gasteiger partial charge in [-0.25, -0.2) is 15.0 Å². The summed E-state index contributed by atoms with van der Waals surface area (Å²) in [5.74, 6) is 2.02. The van der Waals surface area contributed by atoms with Crippen molar-refractivity contribution in [1.82, 2.24) is 15.0 Å². The first-order chi connectivity index (χ1) is 22.6. The summed E-state index contributed by atoms with van der Waals surface area (Å²) in [5.41, 5.74) is 10.4. The minimum absolute atomic E-state index is 0.104. The number of fused-ring (bicyclic) bond motifs is 6. The minimum atomic E-state index is -0.104. The molecule has 0 bridgehead atoms. The maximum absolute atomic E-state index is 5.16. The molecule has 0 N–H and O–H groups in total. The van der Waals surface area contributed by atoms with E-state index in [9.17, 15) is 0 Å². The Labute approximate surface area is 271 Å². The van der Waals surface area contributed by atoms with Gasteiger partial charge in [-0.05, 0) is 39.4 Å². The molecule has 0 aliphatic heterocycles. The molecular weight excluding hydrogens is 579 g/mol. The summed E-state index contributed by atoms with van der Waals surface area (Å²) in [5, 5.41) is 2.61. The van der Waals surface area contributed by atoms with Gasteiger partial charge < -0.3 is 0 Å². The van der Waals surface area contributed by atoms with Gasteiger partial charge in [-0.2, -0.15) is 0 Å². The molecule has 0 unspecified atom stereocenters. The van der Waals surface area contributed by atoms with Crippen molar-refractivity contribution in [2.75, 3.05) is 0 Å². The van der Waals surface area contributed by atoms with Crippen molar-refractivity contribution in [3.05, 3.63) is 151 Å². The van der Waals surface area contributed by atoms with E-state index in [0.29, 0.717) is 17.5 Å². The molecule has 8 aromatic rings. The van der Waals surface area contributed by atoms with Crippen LogP contribution in [0.15, 0.2) is 140 Å². The van der Waals surface area contributed by atoms with E-state index in [1.54, 1.807) is 0 Å². The summed E-state index contributed by atoms with van der Waals surface area (Å²) in [6.07, 6.45) is 0. The van der Waals surface area contributed by atoms with E-state index in [1.807, 2.05) is 29.5 Å². The molecular formula is C42H29N3S. The lowest BCUT2D eigenvalue weighted by Crippen LogP contribution is -2.14. The van der Waals surface area contributed by atoms with Crippen LogP contribution in [-0.2, 0) is 5.41 Å². The lowest BCUT2D eigenvalue weighted by Gasteiger charge is -2.21. The summed E-state index contributed by atoms with van der Waals surface area (Å²) >= 11 is 1.85. The van der Waals surface area contributed by atoms with Gasteiger partial charge in [0.25, 0.3) is 0 Å². The zero-order chi connectivity index (χ0) is 30.8. The van der Waals surface area contributed by atoms with Crippen LogP contribution in [0.1, 0.15) is 25.0 Å². The first kappa shape index (κ1) is 26.9. The molecule has 0 saturated carbocycles. The zero-order valence-corrected chi connectivity index (χ0v) is 26.3. The second kappa shape index (κ2) is 10.3. The Morgan fingerprint density at radius 1 is 0.435 bits per heavy atom. The highest BCUT2D eigenvalue weighted by Gasteiger charge is 2.37. The fourth-order valence-corrected chi connectivity index (χ4v) is 8.29.